The molecule has 3 atom stereocenters. The highest BCUT2D eigenvalue weighted by Crippen LogP contribution is 2.31. The summed E-state index contributed by atoms with van der Waals surface area (Å²) in [5.74, 6) is -0.967. The molecule has 0 aliphatic carbocycles. The summed E-state index contributed by atoms with van der Waals surface area (Å²) >= 11 is 0. The number of urea groups is 1. The maximum atomic E-state index is 14.0. The summed E-state index contributed by atoms with van der Waals surface area (Å²) < 4.78 is 40.4. The van der Waals surface area contributed by atoms with Crippen molar-refractivity contribution in [3.63, 3.8) is 0 Å². The van der Waals surface area contributed by atoms with Crippen LogP contribution in [0.2, 0.25) is 0 Å². The van der Waals surface area contributed by atoms with Gasteiger partial charge in [0.1, 0.15) is 24.1 Å². The van der Waals surface area contributed by atoms with Crippen LogP contribution in [0.5, 0.6) is 5.88 Å². The summed E-state index contributed by atoms with van der Waals surface area (Å²) in [6.45, 7) is 5.52. The van der Waals surface area contributed by atoms with E-state index in [1.807, 2.05) is 30.3 Å². The maximum absolute atomic E-state index is 14.0. The minimum Gasteiger partial charge on any atom is -0.474 e. The van der Waals surface area contributed by atoms with Gasteiger partial charge in [-0.05, 0) is 43.7 Å². The van der Waals surface area contributed by atoms with Crippen LogP contribution in [0.4, 0.5) is 19.4 Å². The molecular weight excluding hydrogens is 496 g/mol. The zero-order valence-electron chi connectivity index (χ0n) is 21.7. The first-order valence-corrected chi connectivity index (χ1v) is 12.5. The molecule has 1 aliphatic rings. The summed E-state index contributed by atoms with van der Waals surface area (Å²) in [5.41, 5.74) is 1.77. The molecule has 1 saturated heterocycles. The highest BCUT2D eigenvalue weighted by molar-refractivity contribution is 5.90. The molecule has 11 heteroatoms. The normalized spacial score (nSPS) is 18.4. The largest absolute Gasteiger partial charge is 0.474 e. The molecule has 9 nitrogen and oxygen atoms in total. The summed E-state index contributed by atoms with van der Waals surface area (Å²) in [5, 5.41) is 20.0. The predicted octanol–water partition coefficient (Wildman–Crippen LogP) is 3.45. The van der Waals surface area contributed by atoms with Crippen LogP contribution < -0.4 is 15.4 Å². The number of aliphatic hydroxyl groups excluding tert-OH is 1. The van der Waals surface area contributed by atoms with E-state index < -0.39 is 29.8 Å². The van der Waals surface area contributed by atoms with Crippen molar-refractivity contribution in [2.75, 3.05) is 45.3 Å². The second-order valence-electron chi connectivity index (χ2n) is 9.45. The van der Waals surface area contributed by atoms with Gasteiger partial charge < -0.3 is 19.9 Å². The number of para-hydroxylation sites is 1. The van der Waals surface area contributed by atoms with Crippen molar-refractivity contribution in [2.45, 2.75) is 31.9 Å². The average molecular weight is 530 g/mol. The molecular formula is C27H33F2N5O4. The fourth-order valence-electron chi connectivity index (χ4n) is 4.59. The molecule has 4 rings (SSSR count). The molecule has 2 aromatic carbocycles. The van der Waals surface area contributed by atoms with Gasteiger partial charge in [0.2, 0.25) is 5.88 Å². The first kappa shape index (κ1) is 27.5. The lowest BCUT2D eigenvalue weighted by Gasteiger charge is -2.21. The number of nitrogens with one attached hydrogen (secondary N) is 2. The molecule has 1 fully saturated rings. The SMILES string of the molecule is COCCN1CC(NC(=O)Nc2c(C)c(OCC(C)O)nn2-c2ccccc2)C(c2cc(F)cc(F)c2)C1. The van der Waals surface area contributed by atoms with Gasteiger partial charge in [-0.3, -0.25) is 10.2 Å². The van der Waals surface area contributed by atoms with Crippen LogP contribution in [-0.4, -0.2) is 77.9 Å². The summed E-state index contributed by atoms with van der Waals surface area (Å²) in [4.78, 5) is 15.4. The number of ether oxygens (including phenoxy) is 2. The molecule has 0 bridgehead atoms. The molecule has 0 saturated carbocycles. The van der Waals surface area contributed by atoms with Crippen LogP contribution in [-0.2, 0) is 4.74 Å². The number of benzene rings is 2. The quantitative estimate of drug-likeness (QED) is 0.372. The molecule has 2 amide bonds. The zero-order valence-corrected chi connectivity index (χ0v) is 21.7. The van der Waals surface area contributed by atoms with Crippen molar-refractivity contribution >= 4 is 11.8 Å². The summed E-state index contributed by atoms with van der Waals surface area (Å²) in [6.07, 6.45) is -0.691. The van der Waals surface area contributed by atoms with E-state index in [9.17, 15) is 18.7 Å². The monoisotopic (exact) mass is 529 g/mol. The minimum atomic E-state index is -0.691. The van der Waals surface area contributed by atoms with Gasteiger partial charge in [-0.1, -0.05) is 18.2 Å². The van der Waals surface area contributed by atoms with Crippen molar-refractivity contribution in [3.05, 3.63) is 71.3 Å². The number of nitrogens with zero attached hydrogens (tertiary/aromatic N) is 3. The molecule has 2 heterocycles. The van der Waals surface area contributed by atoms with Crippen molar-refractivity contribution < 1.29 is 28.2 Å². The van der Waals surface area contributed by atoms with Crippen molar-refractivity contribution in [2.24, 2.45) is 0 Å². The number of hydrogen-bond donors (Lipinski definition) is 3. The highest BCUT2D eigenvalue weighted by Gasteiger charge is 2.35. The summed E-state index contributed by atoms with van der Waals surface area (Å²) in [6, 6.07) is 11.8. The number of anilines is 1. The van der Waals surface area contributed by atoms with Gasteiger partial charge in [0.25, 0.3) is 0 Å². The van der Waals surface area contributed by atoms with E-state index in [1.165, 1.54) is 12.1 Å². The lowest BCUT2D eigenvalue weighted by Crippen LogP contribution is -2.42. The van der Waals surface area contributed by atoms with E-state index >= 15 is 0 Å². The zero-order chi connectivity index (χ0) is 27.2. The average Bonchev–Trinajstić information content (AvgIpc) is 3.42. The number of rotatable bonds is 10. The maximum Gasteiger partial charge on any atom is 0.320 e. The first-order valence-electron chi connectivity index (χ1n) is 12.5. The number of aromatic nitrogens is 2. The fourth-order valence-corrected chi connectivity index (χ4v) is 4.59. The Bertz CT molecular complexity index is 1220. The summed E-state index contributed by atoms with van der Waals surface area (Å²) in [7, 11) is 1.61. The third-order valence-electron chi connectivity index (χ3n) is 6.41. The Kier molecular flexibility index (Phi) is 8.93. The molecule has 3 N–H and O–H groups in total. The first-order chi connectivity index (χ1) is 18.2. The van der Waals surface area contributed by atoms with E-state index in [-0.39, 0.29) is 18.4 Å². The van der Waals surface area contributed by atoms with Crippen LogP contribution in [0.25, 0.3) is 5.69 Å². The number of carbonyl (C=O) groups is 1. The standard InChI is InChI=1S/C27H33F2N5O4/c1-17(35)16-38-26-18(2)25(34(32-26)22-7-5-4-6-8-22)31-27(36)30-24-15-33(9-10-37-3)14-23(24)19-11-20(28)13-21(29)12-19/h4-8,11-13,17,23-24,35H,9-10,14-16H2,1-3H3,(H2,30,31,36). The van der Waals surface area contributed by atoms with E-state index in [2.05, 4.69) is 20.6 Å². The van der Waals surface area contributed by atoms with E-state index in [1.54, 1.807) is 25.6 Å². The van der Waals surface area contributed by atoms with Crippen LogP contribution in [0.3, 0.4) is 0 Å². The third-order valence-corrected chi connectivity index (χ3v) is 6.41. The van der Waals surface area contributed by atoms with Crippen molar-refractivity contribution in [1.82, 2.24) is 20.0 Å². The van der Waals surface area contributed by atoms with Gasteiger partial charge in [-0.15, -0.1) is 5.10 Å². The second-order valence-corrected chi connectivity index (χ2v) is 9.45. The van der Waals surface area contributed by atoms with Gasteiger partial charge in [-0.2, -0.15) is 0 Å². The number of methoxy groups -OCH3 is 1. The minimum absolute atomic E-state index is 0.0452. The number of aliphatic hydroxyl groups is 1. The van der Waals surface area contributed by atoms with Gasteiger partial charge in [0.15, 0.2) is 0 Å². The topological polar surface area (TPSA) is 101 Å². The molecule has 204 valence electrons. The Morgan fingerprint density at radius 3 is 2.55 bits per heavy atom. The smallest absolute Gasteiger partial charge is 0.320 e. The Morgan fingerprint density at radius 2 is 1.89 bits per heavy atom. The lowest BCUT2D eigenvalue weighted by atomic mass is 9.94. The van der Waals surface area contributed by atoms with Gasteiger partial charge in [0, 0.05) is 38.7 Å². The Hall–Kier alpha value is -3.54. The number of amides is 2. The number of likely N-dealkylation sites (tertiary alicyclic amines) is 1. The van der Waals surface area contributed by atoms with Gasteiger partial charge >= 0.3 is 6.03 Å². The third kappa shape index (κ3) is 6.66. The van der Waals surface area contributed by atoms with E-state index in [0.717, 1.165) is 6.07 Å². The van der Waals surface area contributed by atoms with Crippen LogP contribution in [0.15, 0.2) is 48.5 Å². The Morgan fingerprint density at radius 1 is 1.18 bits per heavy atom. The fraction of sp³-hybridized carbons (Fsp3) is 0.407. The molecule has 0 radical (unpaired) electrons. The van der Waals surface area contributed by atoms with Crippen molar-refractivity contribution in [3.8, 4) is 11.6 Å². The molecule has 0 spiro atoms. The van der Waals surface area contributed by atoms with E-state index in [4.69, 9.17) is 9.47 Å². The molecule has 38 heavy (non-hydrogen) atoms. The highest BCUT2D eigenvalue weighted by atomic mass is 19.1. The van der Waals surface area contributed by atoms with Gasteiger partial charge in [0.05, 0.1) is 30.0 Å². The Balaban J connectivity index is 1.57. The second kappa shape index (κ2) is 12.3. The molecule has 1 aliphatic heterocycles. The number of carbonyl (C=O) groups excluding carboxylic acids is 1. The van der Waals surface area contributed by atoms with E-state index in [0.29, 0.717) is 48.9 Å². The van der Waals surface area contributed by atoms with Crippen molar-refractivity contribution in [1.29, 1.82) is 0 Å². The molecule has 1 aromatic heterocycles. The van der Waals surface area contributed by atoms with Crippen LogP contribution in [0.1, 0.15) is 24.0 Å². The lowest BCUT2D eigenvalue weighted by molar-refractivity contribution is 0.119. The van der Waals surface area contributed by atoms with Gasteiger partial charge in [-0.25, -0.2) is 18.3 Å². The van der Waals surface area contributed by atoms with Crippen LogP contribution >= 0.6 is 0 Å². The Labute approximate surface area is 220 Å². The number of hydrogen-bond acceptors (Lipinski definition) is 6. The molecule has 3 aromatic rings. The van der Waals surface area contributed by atoms with Crippen LogP contribution in [0, 0.1) is 18.6 Å². The number of halogens is 2. The molecule has 3 unspecified atom stereocenters. The predicted molar refractivity (Wildman–Crippen MR) is 139 cm³/mol.